The summed E-state index contributed by atoms with van der Waals surface area (Å²) in [5.74, 6) is 0.874. The molecule has 3 heterocycles. The molecule has 0 bridgehead atoms. The molecule has 2 unspecified atom stereocenters. The van der Waals surface area contributed by atoms with Gasteiger partial charge in [0.25, 0.3) is 0 Å². The van der Waals surface area contributed by atoms with Crippen molar-refractivity contribution in [3.8, 4) is 5.75 Å². The molecule has 0 N–H and O–H groups in total. The summed E-state index contributed by atoms with van der Waals surface area (Å²) in [6.45, 7) is 17.2. The van der Waals surface area contributed by atoms with Gasteiger partial charge in [0.15, 0.2) is 6.10 Å². The fraction of sp³-hybridized carbons (Fsp3) is 0.531. The van der Waals surface area contributed by atoms with Gasteiger partial charge in [-0.15, -0.1) is 0 Å². The van der Waals surface area contributed by atoms with Crippen LogP contribution in [-0.4, -0.2) is 106 Å². The Labute approximate surface area is 238 Å². The number of hydrogen-bond acceptors (Lipinski definition) is 7. The summed E-state index contributed by atoms with van der Waals surface area (Å²) in [5, 5.41) is 4.55. The quantitative estimate of drug-likeness (QED) is 0.413. The van der Waals surface area contributed by atoms with Gasteiger partial charge in [0.1, 0.15) is 23.9 Å². The Balaban J connectivity index is 1.10. The number of ether oxygens (including phenoxy) is 1. The molecule has 3 aliphatic heterocycles. The second kappa shape index (κ2) is 13.1. The number of piperazine rings is 1. The highest BCUT2D eigenvalue weighted by atomic mass is 19.1. The smallest absolute Gasteiger partial charge is 0.151 e. The van der Waals surface area contributed by atoms with Crippen LogP contribution in [0, 0.1) is 11.7 Å². The minimum Gasteiger partial charge on any atom is -0.492 e. The van der Waals surface area contributed by atoms with Crippen molar-refractivity contribution in [2.24, 2.45) is 11.1 Å². The van der Waals surface area contributed by atoms with Gasteiger partial charge in [0.2, 0.25) is 0 Å². The zero-order chi connectivity index (χ0) is 28.1. The molecule has 7 nitrogen and oxygen atoms in total. The van der Waals surface area contributed by atoms with Crippen molar-refractivity contribution in [3.63, 3.8) is 0 Å². The highest BCUT2D eigenvalue weighted by Crippen LogP contribution is 2.36. The first-order chi connectivity index (χ1) is 19.4. The first kappa shape index (κ1) is 28.6. The van der Waals surface area contributed by atoms with E-state index in [-0.39, 0.29) is 17.8 Å². The Morgan fingerprint density at radius 1 is 1.02 bits per heavy atom. The van der Waals surface area contributed by atoms with Gasteiger partial charge in [-0.3, -0.25) is 9.80 Å². The lowest BCUT2D eigenvalue weighted by atomic mass is 9.90. The van der Waals surface area contributed by atoms with Crippen molar-refractivity contribution in [2.45, 2.75) is 26.9 Å². The van der Waals surface area contributed by atoms with E-state index in [0.29, 0.717) is 6.61 Å². The number of likely N-dealkylation sites (N-methyl/N-ethyl adjacent to an activating group) is 2. The molecule has 0 saturated carbocycles. The second-order valence-electron chi connectivity index (χ2n) is 11.3. The SMILES string of the molecule is CCN(CC)CCN(C)c1ccc2c(c1)OCC1C2=NOC1CN1CCN(C/C(C)=C/c2ccc(F)cc2)CC1. The minimum absolute atomic E-state index is 0.0197. The van der Waals surface area contributed by atoms with E-state index in [0.717, 1.165) is 88.0 Å². The molecule has 1 saturated heterocycles. The van der Waals surface area contributed by atoms with Crippen LogP contribution >= 0.6 is 0 Å². The van der Waals surface area contributed by atoms with Crippen LogP contribution < -0.4 is 9.64 Å². The summed E-state index contributed by atoms with van der Waals surface area (Å²) in [5.41, 5.74) is 5.59. The van der Waals surface area contributed by atoms with Crippen LogP contribution in [0.2, 0.25) is 0 Å². The van der Waals surface area contributed by atoms with E-state index in [1.807, 2.05) is 12.1 Å². The number of anilines is 1. The van der Waals surface area contributed by atoms with Crippen molar-refractivity contribution < 1.29 is 14.0 Å². The van der Waals surface area contributed by atoms with Gasteiger partial charge in [0.05, 0.1) is 5.92 Å². The lowest BCUT2D eigenvalue weighted by molar-refractivity contribution is 0.0101. The predicted octanol–water partition coefficient (Wildman–Crippen LogP) is 4.44. The molecular weight excluding hydrogens is 505 g/mol. The molecule has 0 radical (unpaired) electrons. The average Bonchev–Trinajstić information content (AvgIpc) is 3.38. The summed E-state index contributed by atoms with van der Waals surface area (Å²) in [7, 11) is 2.14. The number of nitrogens with zero attached hydrogens (tertiary/aromatic N) is 5. The monoisotopic (exact) mass is 549 g/mol. The van der Waals surface area contributed by atoms with Gasteiger partial charge >= 0.3 is 0 Å². The van der Waals surface area contributed by atoms with E-state index < -0.39 is 0 Å². The van der Waals surface area contributed by atoms with Gasteiger partial charge in [-0.1, -0.05) is 42.8 Å². The van der Waals surface area contributed by atoms with Crippen molar-refractivity contribution in [2.75, 3.05) is 84.0 Å². The van der Waals surface area contributed by atoms with Crippen LogP contribution in [0.25, 0.3) is 6.08 Å². The van der Waals surface area contributed by atoms with Crippen LogP contribution in [0.4, 0.5) is 10.1 Å². The van der Waals surface area contributed by atoms with E-state index >= 15 is 0 Å². The molecule has 40 heavy (non-hydrogen) atoms. The topological polar surface area (TPSA) is 43.8 Å². The maximum absolute atomic E-state index is 13.2. The standard InChI is InChI=1S/C32H44FN5O2/c1-5-36(6-2)14-13-35(4)27-11-12-28-30(20-27)39-23-29-31(40-34-32(28)29)22-38-17-15-37(16-18-38)21-24(3)19-25-7-9-26(33)10-8-25/h7-12,19-20,29,31H,5-6,13-18,21-23H2,1-4H3/b24-19+. The van der Waals surface area contributed by atoms with Gasteiger partial charge in [-0.25, -0.2) is 4.39 Å². The second-order valence-corrected chi connectivity index (χ2v) is 11.3. The van der Waals surface area contributed by atoms with Gasteiger partial charge in [-0.2, -0.15) is 0 Å². The Morgan fingerprint density at radius 2 is 1.75 bits per heavy atom. The molecule has 2 aromatic carbocycles. The zero-order valence-corrected chi connectivity index (χ0v) is 24.5. The summed E-state index contributed by atoms with van der Waals surface area (Å²) in [6, 6.07) is 13.2. The Hall–Kier alpha value is -2.94. The van der Waals surface area contributed by atoms with Crippen LogP contribution in [0.15, 0.2) is 53.2 Å². The molecule has 0 aliphatic carbocycles. The fourth-order valence-corrected chi connectivity index (χ4v) is 5.88. The van der Waals surface area contributed by atoms with E-state index in [4.69, 9.17) is 9.57 Å². The van der Waals surface area contributed by atoms with Crippen molar-refractivity contribution in [1.82, 2.24) is 14.7 Å². The molecule has 5 rings (SSSR count). The van der Waals surface area contributed by atoms with Crippen molar-refractivity contribution in [1.29, 1.82) is 0 Å². The molecule has 3 aliphatic rings. The van der Waals surface area contributed by atoms with E-state index in [9.17, 15) is 4.39 Å². The van der Waals surface area contributed by atoms with Gasteiger partial charge < -0.3 is 19.4 Å². The lowest BCUT2D eigenvalue weighted by Gasteiger charge is -2.36. The molecule has 1 fully saturated rings. The van der Waals surface area contributed by atoms with E-state index in [2.05, 4.69) is 76.8 Å². The summed E-state index contributed by atoms with van der Waals surface area (Å²) in [6.07, 6.45) is 2.16. The third-order valence-corrected chi connectivity index (χ3v) is 8.49. The summed E-state index contributed by atoms with van der Waals surface area (Å²) in [4.78, 5) is 15.7. The molecule has 216 valence electrons. The Morgan fingerprint density at radius 3 is 2.48 bits per heavy atom. The number of hydrogen-bond donors (Lipinski definition) is 0. The molecule has 0 aromatic heterocycles. The van der Waals surface area contributed by atoms with Gasteiger partial charge in [0, 0.05) is 76.7 Å². The third-order valence-electron chi connectivity index (χ3n) is 8.49. The highest BCUT2D eigenvalue weighted by Gasteiger charge is 2.41. The number of benzene rings is 2. The zero-order valence-electron chi connectivity index (χ0n) is 24.5. The van der Waals surface area contributed by atoms with Crippen molar-refractivity contribution in [3.05, 3.63) is 65.0 Å². The predicted molar refractivity (Wildman–Crippen MR) is 161 cm³/mol. The number of halogens is 1. The third kappa shape index (κ3) is 6.85. The molecule has 0 spiro atoms. The number of fused-ring (bicyclic) bond motifs is 3. The van der Waals surface area contributed by atoms with Gasteiger partial charge in [-0.05, 0) is 49.8 Å². The maximum Gasteiger partial charge on any atom is 0.151 e. The minimum atomic E-state index is -0.197. The molecule has 8 heteroatoms. The lowest BCUT2D eigenvalue weighted by Crippen LogP contribution is -2.50. The van der Waals surface area contributed by atoms with Crippen LogP contribution in [0.1, 0.15) is 31.9 Å². The first-order valence-corrected chi connectivity index (χ1v) is 14.7. The van der Waals surface area contributed by atoms with Crippen LogP contribution in [-0.2, 0) is 4.84 Å². The number of rotatable bonds is 11. The Kier molecular flexibility index (Phi) is 9.40. The van der Waals surface area contributed by atoms with Crippen LogP contribution in [0.5, 0.6) is 5.75 Å². The van der Waals surface area contributed by atoms with E-state index in [1.54, 1.807) is 0 Å². The maximum atomic E-state index is 13.2. The molecule has 0 amide bonds. The normalized spacial score (nSPS) is 21.4. The highest BCUT2D eigenvalue weighted by molar-refractivity contribution is 6.06. The summed E-state index contributed by atoms with van der Waals surface area (Å²) < 4.78 is 19.5. The first-order valence-electron chi connectivity index (χ1n) is 14.7. The average molecular weight is 550 g/mol. The molecule has 2 atom stereocenters. The molecular formula is C32H44FN5O2. The number of oxime groups is 1. The Bertz CT molecular complexity index is 1190. The summed E-state index contributed by atoms with van der Waals surface area (Å²) >= 11 is 0. The van der Waals surface area contributed by atoms with Crippen LogP contribution in [0.3, 0.4) is 0 Å². The van der Waals surface area contributed by atoms with Crippen molar-refractivity contribution >= 4 is 17.5 Å². The fourth-order valence-electron chi connectivity index (χ4n) is 5.88. The largest absolute Gasteiger partial charge is 0.492 e. The molecule has 2 aromatic rings. The van der Waals surface area contributed by atoms with E-state index in [1.165, 1.54) is 23.4 Å².